The summed E-state index contributed by atoms with van der Waals surface area (Å²) in [6.45, 7) is 2.99. The van der Waals surface area contributed by atoms with Crippen molar-refractivity contribution in [1.29, 1.82) is 0 Å². The number of aryl methyl sites for hydroxylation is 1. The third-order valence-electron chi connectivity index (χ3n) is 2.23. The number of nitrogens with zero attached hydrogens (tertiary/aromatic N) is 1. The molecule has 0 unspecified atom stereocenters. The molecule has 0 atom stereocenters. The summed E-state index contributed by atoms with van der Waals surface area (Å²) in [6, 6.07) is 8.31. The van der Waals surface area contributed by atoms with Crippen molar-refractivity contribution in [3.63, 3.8) is 0 Å². The first-order valence-corrected chi connectivity index (χ1v) is 7.11. The summed E-state index contributed by atoms with van der Waals surface area (Å²) in [5.74, 6) is 0. The number of nitrogens with one attached hydrogen (secondary N) is 1. The summed E-state index contributed by atoms with van der Waals surface area (Å²) in [4.78, 5) is 5.63. The lowest BCUT2D eigenvalue weighted by Gasteiger charge is -2.06. The highest BCUT2D eigenvalue weighted by atomic mass is 127. The van der Waals surface area contributed by atoms with E-state index >= 15 is 0 Å². The molecular formula is C12H13IN2S. The molecule has 0 saturated carbocycles. The van der Waals surface area contributed by atoms with Crippen molar-refractivity contribution in [2.45, 2.75) is 19.9 Å². The molecule has 0 aliphatic rings. The minimum absolute atomic E-state index is 0.859. The maximum Gasteiger partial charge on any atom is 0.0925 e. The maximum atomic E-state index is 4.35. The Kier molecular flexibility index (Phi) is 4.17. The highest BCUT2D eigenvalue weighted by Gasteiger charge is 2.01. The lowest BCUT2D eigenvalue weighted by molar-refractivity contribution is 1.09. The van der Waals surface area contributed by atoms with Crippen molar-refractivity contribution in [2.24, 2.45) is 0 Å². The first-order valence-electron chi connectivity index (χ1n) is 5.21. The smallest absolute Gasteiger partial charge is 0.0925 e. The molecule has 0 bridgehead atoms. The molecule has 0 aliphatic carbocycles. The first-order chi connectivity index (χ1) is 7.79. The Labute approximate surface area is 113 Å². The van der Waals surface area contributed by atoms with Crippen LogP contribution < -0.4 is 5.32 Å². The molecule has 0 amide bonds. The second-order valence-corrected chi connectivity index (χ2v) is 5.77. The molecule has 2 rings (SSSR count). The van der Waals surface area contributed by atoms with Crippen LogP contribution in [0.2, 0.25) is 0 Å². The predicted molar refractivity (Wildman–Crippen MR) is 78.0 cm³/mol. The normalized spacial score (nSPS) is 10.4. The molecule has 4 heteroatoms. The summed E-state index contributed by atoms with van der Waals surface area (Å²) in [7, 11) is 0. The van der Waals surface area contributed by atoms with E-state index in [9.17, 15) is 0 Å². The van der Waals surface area contributed by atoms with Gasteiger partial charge in [-0.05, 0) is 41.1 Å². The van der Waals surface area contributed by atoms with Gasteiger partial charge in [-0.2, -0.15) is 0 Å². The van der Waals surface area contributed by atoms with Gasteiger partial charge in [-0.25, -0.2) is 4.98 Å². The van der Waals surface area contributed by atoms with Gasteiger partial charge in [0.05, 0.1) is 11.6 Å². The van der Waals surface area contributed by atoms with Gasteiger partial charge in [0.15, 0.2) is 0 Å². The Morgan fingerprint density at radius 1 is 1.38 bits per heavy atom. The van der Waals surface area contributed by atoms with E-state index < -0.39 is 0 Å². The van der Waals surface area contributed by atoms with E-state index in [0.717, 1.165) is 13.0 Å². The van der Waals surface area contributed by atoms with E-state index in [1.54, 1.807) is 11.3 Å². The monoisotopic (exact) mass is 344 g/mol. The van der Waals surface area contributed by atoms with Crippen molar-refractivity contribution in [3.05, 3.63) is 43.9 Å². The molecule has 2 aromatic rings. The molecule has 1 aromatic carbocycles. The zero-order chi connectivity index (χ0) is 11.4. The van der Waals surface area contributed by atoms with Gasteiger partial charge in [-0.15, -0.1) is 11.3 Å². The molecule has 0 aliphatic heterocycles. The number of hydrogen-bond donors (Lipinski definition) is 1. The van der Waals surface area contributed by atoms with E-state index in [0.29, 0.717) is 0 Å². The SMILES string of the molecule is CCc1ncc(CNc2ccccc2I)s1. The van der Waals surface area contributed by atoms with Crippen molar-refractivity contribution in [3.8, 4) is 0 Å². The second kappa shape index (κ2) is 5.63. The molecular weight excluding hydrogens is 331 g/mol. The second-order valence-electron chi connectivity index (χ2n) is 3.41. The summed E-state index contributed by atoms with van der Waals surface area (Å²) >= 11 is 4.12. The van der Waals surface area contributed by atoms with Crippen LogP contribution in [0.25, 0.3) is 0 Å². The molecule has 0 fully saturated rings. The van der Waals surface area contributed by atoms with E-state index in [1.807, 2.05) is 6.20 Å². The van der Waals surface area contributed by atoms with Crippen LogP contribution in [-0.2, 0) is 13.0 Å². The van der Waals surface area contributed by atoms with Gasteiger partial charge in [0.1, 0.15) is 0 Å². The van der Waals surface area contributed by atoms with Crippen LogP contribution in [0.15, 0.2) is 30.5 Å². The third kappa shape index (κ3) is 2.95. The summed E-state index contributed by atoms with van der Waals surface area (Å²) in [5, 5.41) is 4.64. The Hall–Kier alpha value is -0.620. The summed E-state index contributed by atoms with van der Waals surface area (Å²) < 4.78 is 1.25. The van der Waals surface area contributed by atoms with Crippen LogP contribution in [0.1, 0.15) is 16.8 Å². The van der Waals surface area contributed by atoms with Gasteiger partial charge >= 0.3 is 0 Å². The number of benzene rings is 1. The van der Waals surface area contributed by atoms with Gasteiger partial charge in [-0.3, -0.25) is 0 Å². The van der Waals surface area contributed by atoms with Crippen molar-refractivity contribution in [2.75, 3.05) is 5.32 Å². The van der Waals surface area contributed by atoms with Crippen molar-refractivity contribution < 1.29 is 0 Å². The molecule has 1 aromatic heterocycles. The molecule has 1 N–H and O–H groups in total. The number of anilines is 1. The largest absolute Gasteiger partial charge is 0.379 e. The Morgan fingerprint density at radius 2 is 2.19 bits per heavy atom. The number of hydrogen-bond acceptors (Lipinski definition) is 3. The standard InChI is InChI=1S/C12H13IN2S/c1-2-12-15-8-9(16-12)7-14-11-6-4-3-5-10(11)13/h3-6,8,14H,2,7H2,1H3. The van der Waals surface area contributed by atoms with Gasteiger partial charge in [0.25, 0.3) is 0 Å². The zero-order valence-corrected chi connectivity index (χ0v) is 12.0. The lowest BCUT2D eigenvalue weighted by Crippen LogP contribution is -1.98. The Morgan fingerprint density at radius 3 is 2.88 bits per heavy atom. The molecule has 1 heterocycles. The van der Waals surface area contributed by atoms with Gasteiger partial charge < -0.3 is 5.32 Å². The molecule has 84 valence electrons. The maximum absolute atomic E-state index is 4.35. The predicted octanol–water partition coefficient (Wildman–Crippen LogP) is 3.92. The highest BCUT2D eigenvalue weighted by Crippen LogP contribution is 2.19. The third-order valence-corrected chi connectivity index (χ3v) is 4.31. The topological polar surface area (TPSA) is 24.9 Å². The van der Waals surface area contributed by atoms with Crippen LogP contribution in [0.3, 0.4) is 0 Å². The summed E-state index contributed by atoms with van der Waals surface area (Å²) in [5.41, 5.74) is 1.19. The Balaban J connectivity index is 1.99. The van der Waals surface area contributed by atoms with Gasteiger partial charge in [0.2, 0.25) is 0 Å². The van der Waals surface area contributed by atoms with Crippen LogP contribution >= 0.6 is 33.9 Å². The van der Waals surface area contributed by atoms with Gasteiger partial charge in [0, 0.05) is 20.3 Å². The van der Waals surface area contributed by atoms with Crippen LogP contribution in [0.4, 0.5) is 5.69 Å². The van der Waals surface area contributed by atoms with E-state index in [1.165, 1.54) is 19.1 Å². The zero-order valence-electron chi connectivity index (χ0n) is 9.03. The summed E-state index contributed by atoms with van der Waals surface area (Å²) in [6.07, 6.45) is 2.99. The molecule has 0 spiro atoms. The molecule has 0 radical (unpaired) electrons. The number of halogens is 1. The minimum atomic E-state index is 0.859. The van der Waals surface area contributed by atoms with E-state index in [2.05, 4.69) is 64.1 Å². The van der Waals surface area contributed by atoms with Crippen LogP contribution in [0.5, 0.6) is 0 Å². The average Bonchev–Trinajstić information content (AvgIpc) is 2.76. The molecule has 0 saturated heterocycles. The van der Waals surface area contributed by atoms with Crippen molar-refractivity contribution >= 4 is 39.6 Å². The number of thiazole rings is 1. The number of rotatable bonds is 4. The molecule has 16 heavy (non-hydrogen) atoms. The molecule has 2 nitrogen and oxygen atoms in total. The minimum Gasteiger partial charge on any atom is -0.379 e. The lowest BCUT2D eigenvalue weighted by atomic mass is 10.3. The Bertz CT molecular complexity index is 468. The number of aromatic nitrogens is 1. The fraction of sp³-hybridized carbons (Fsp3) is 0.250. The highest BCUT2D eigenvalue weighted by molar-refractivity contribution is 14.1. The first kappa shape index (κ1) is 11.9. The fourth-order valence-electron chi connectivity index (χ4n) is 1.38. The quantitative estimate of drug-likeness (QED) is 0.851. The van der Waals surface area contributed by atoms with E-state index in [-0.39, 0.29) is 0 Å². The van der Waals surface area contributed by atoms with Crippen molar-refractivity contribution in [1.82, 2.24) is 4.98 Å². The average molecular weight is 344 g/mol. The van der Waals surface area contributed by atoms with E-state index in [4.69, 9.17) is 0 Å². The van der Waals surface area contributed by atoms with Crippen LogP contribution in [-0.4, -0.2) is 4.98 Å². The van der Waals surface area contributed by atoms with Gasteiger partial charge in [-0.1, -0.05) is 19.1 Å². The fourth-order valence-corrected chi connectivity index (χ4v) is 2.76. The number of para-hydroxylation sites is 1. The van der Waals surface area contributed by atoms with Crippen LogP contribution in [0, 0.1) is 3.57 Å².